The Bertz CT molecular complexity index is 99.0. The van der Waals surface area contributed by atoms with E-state index in [9.17, 15) is 0 Å². The first-order valence-electron chi connectivity index (χ1n) is 3.55. The van der Waals surface area contributed by atoms with Crippen molar-refractivity contribution in [3.63, 3.8) is 0 Å². The van der Waals surface area contributed by atoms with Crippen LogP contribution in [0.2, 0.25) is 0 Å². The highest BCUT2D eigenvalue weighted by Gasteiger charge is 2.39. The van der Waals surface area contributed by atoms with E-state index in [-0.39, 0.29) is 12.5 Å². The van der Waals surface area contributed by atoms with Crippen LogP contribution in [-0.2, 0) is 9.47 Å². The minimum Gasteiger partial charge on any atom is -0.349 e. The molecule has 4 heteroatoms. The second-order valence-electron chi connectivity index (χ2n) is 2.28. The van der Waals surface area contributed by atoms with Gasteiger partial charge in [0.2, 0.25) is 6.29 Å². The summed E-state index contributed by atoms with van der Waals surface area (Å²) in [5.41, 5.74) is 1.97. The molecule has 2 unspecified atom stereocenters. The number of hydroxylamine groups is 1. The van der Waals surface area contributed by atoms with Gasteiger partial charge in [0.15, 0.2) is 6.23 Å². The van der Waals surface area contributed by atoms with Crippen LogP contribution in [0.25, 0.3) is 0 Å². The van der Waals surface area contributed by atoms with Crippen LogP contribution < -0.4 is 5.48 Å². The van der Waals surface area contributed by atoms with Gasteiger partial charge in [-0.25, -0.2) is 0 Å². The maximum absolute atomic E-state index is 8.28. The van der Waals surface area contributed by atoms with Crippen LogP contribution in [0.1, 0.15) is 19.8 Å². The first kappa shape index (κ1) is 7.94. The summed E-state index contributed by atoms with van der Waals surface area (Å²) in [6.07, 6.45) is 1.63. The van der Waals surface area contributed by atoms with Gasteiger partial charge < -0.3 is 14.7 Å². The second-order valence-corrected chi connectivity index (χ2v) is 2.28. The molecule has 0 spiro atoms. The molecule has 1 aliphatic rings. The molecule has 2 atom stereocenters. The van der Waals surface area contributed by atoms with Gasteiger partial charge in [-0.05, 0) is 6.42 Å². The summed E-state index contributed by atoms with van der Waals surface area (Å²) in [6, 6.07) is 0. The van der Waals surface area contributed by atoms with Crippen molar-refractivity contribution in [1.82, 2.24) is 5.48 Å². The van der Waals surface area contributed by atoms with Crippen molar-refractivity contribution in [2.24, 2.45) is 0 Å². The van der Waals surface area contributed by atoms with E-state index in [0.717, 1.165) is 12.8 Å². The van der Waals surface area contributed by atoms with Gasteiger partial charge in [0.1, 0.15) is 0 Å². The number of rotatable bonds is 5. The normalized spacial score (nSPS) is 30.6. The smallest absolute Gasteiger partial charge is 0.201 e. The molecule has 2 N–H and O–H groups in total. The molecule has 1 fully saturated rings. The van der Waals surface area contributed by atoms with E-state index in [1.165, 1.54) is 0 Å². The largest absolute Gasteiger partial charge is 0.349 e. The number of nitrogens with one attached hydrogen (secondary N) is 1. The Kier molecular flexibility index (Phi) is 3.08. The Hall–Kier alpha value is -0.160. The van der Waals surface area contributed by atoms with Crippen molar-refractivity contribution in [1.29, 1.82) is 0 Å². The van der Waals surface area contributed by atoms with E-state index in [2.05, 4.69) is 6.92 Å². The lowest BCUT2D eigenvalue weighted by Gasteiger charge is -1.96. The quantitative estimate of drug-likeness (QED) is 0.337. The van der Waals surface area contributed by atoms with Crippen LogP contribution in [0.15, 0.2) is 0 Å². The zero-order chi connectivity index (χ0) is 7.40. The van der Waals surface area contributed by atoms with Crippen molar-refractivity contribution in [3.8, 4) is 0 Å². The van der Waals surface area contributed by atoms with Gasteiger partial charge in [-0.2, -0.15) is 5.48 Å². The number of unbranched alkanes of at least 4 members (excludes halogenated alkanes) is 1. The first-order chi connectivity index (χ1) is 4.88. The second kappa shape index (κ2) is 3.88. The van der Waals surface area contributed by atoms with Crippen molar-refractivity contribution < 1.29 is 14.7 Å². The van der Waals surface area contributed by atoms with Crippen LogP contribution in [0, 0.1) is 0 Å². The third kappa shape index (κ3) is 2.22. The van der Waals surface area contributed by atoms with Gasteiger partial charge in [0.25, 0.3) is 0 Å². The molecule has 1 rings (SSSR count). The van der Waals surface area contributed by atoms with Gasteiger partial charge >= 0.3 is 0 Å². The highest BCUT2D eigenvalue weighted by Crippen LogP contribution is 2.19. The van der Waals surface area contributed by atoms with Gasteiger partial charge in [-0.3, -0.25) is 0 Å². The maximum atomic E-state index is 8.28. The highest BCUT2D eigenvalue weighted by atomic mass is 16.8. The molecule has 0 amide bonds. The number of epoxide rings is 1. The summed E-state index contributed by atoms with van der Waals surface area (Å²) in [4.78, 5) is 0. The minimum absolute atomic E-state index is 0.225. The van der Waals surface area contributed by atoms with Crippen molar-refractivity contribution >= 4 is 0 Å². The fourth-order valence-corrected chi connectivity index (χ4v) is 0.661. The van der Waals surface area contributed by atoms with E-state index in [1.54, 1.807) is 0 Å². The highest BCUT2D eigenvalue weighted by molar-refractivity contribution is 4.69. The van der Waals surface area contributed by atoms with Crippen molar-refractivity contribution in [2.45, 2.75) is 32.3 Å². The molecule has 0 saturated carbocycles. The van der Waals surface area contributed by atoms with E-state index in [4.69, 9.17) is 14.7 Å². The zero-order valence-electron chi connectivity index (χ0n) is 6.04. The molecule has 0 radical (unpaired) electrons. The van der Waals surface area contributed by atoms with E-state index < -0.39 is 0 Å². The average Bonchev–Trinajstić information content (AvgIpc) is 2.68. The van der Waals surface area contributed by atoms with Crippen LogP contribution in [0.4, 0.5) is 0 Å². The van der Waals surface area contributed by atoms with Gasteiger partial charge in [0.05, 0.1) is 0 Å². The van der Waals surface area contributed by atoms with Gasteiger partial charge in [0, 0.05) is 6.61 Å². The molecule has 4 nitrogen and oxygen atoms in total. The fraction of sp³-hybridized carbons (Fsp3) is 1.00. The summed E-state index contributed by atoms with van der Waals surface area (Å²) in [5, 5.41) is 8.28. The summed E-state index contributed by atoms with van der Waals surface area (Å²) in [7, 11) is 0. The van der Waals surface area contributed by atoms with Crippen molar-refractivity contribution in [2.75, 3.05) is 6.61 Å². The van der Waals surface area contributed by atoms with Gasteiger partial charge in [-0.1, -0.05) is 13.3 Å². The Morgan fingerprint density at radius 3 is 3.00 bits per heavy atom. The molecule has 60 valence electrons. The molecule has 10 heavy (non-hydrogen) atoms. The molecule has 0 aromatic rings. The summed E-state index contributed by atoms with van der Waals surface area (Å²) in [6.45, 7) is 2.80. The molecule has 1 saturated heterocycles. The number of hydrogen-bond acceptors (Lipinski definition) is 4. The van der Waals surface area contributed by atoms with Crippen LogP contribution in [0.3, 0.4) is 0 Å². The Balaban J connectivity index is 1.87. The van der Waals surface area contributed by atoms with E-state index in [0.29, 0.717) is 6.61 Å². The maximum Gasteiger partial charge on any atom is 0.201 e. The Morgan fingerprint density at radius 2 is 2.50 bits per heavy atom. The topological polar surface area (TPSA) is 54.0 Å². The summed E-state index contributed by atoms with van der Waals surface area (Å²) < 4.78 is 9.98. The lowest BCUT2D eigenvalue weighted by Crippen LogP contribution is -2.15. The van der Waals surface area contributed by atoms with Crippen LogP contribution in [0.5, 0.6) is 0 Å². The molecule has 1 heterocycles. The van der Waals surface area contributed by atoms with Crippen molar-refractivity contribution in [3.05, 3.63) is 0 Å². The molecule has 0 bridgehead atoms. The summed E-state index contributed by atoms with van der Waals surface area (Å²) >= 11 is 0. The predicted molar refractivity (Wildman–Crippen MR) is 34.4 cm³/mol. The third-order valence-electron chi connectivity index (χ3n) is 1.36. The molecule has 0 aromatic carbocycles. The van der Waals surface area contributed by atoms with Crippen LogP contribution >= 0.6 is 0 Å². The standard InChI is InChI=1S/C6H13NO3/c1-2-3-4-9-6-5(7-8)10-6/h5-8H,2-4H2,1H3. The Morgan fingerprint density at radius 1 is 1.70 bits per heavy atom. The zero-order valence-corrected chi connectivity index (χ0v) is 6.04. The molecule has 1 aliphatic heterocycles. The first-order valence-corrected chi connectivity index (χ1v) is 3.55. The number of ether oxygens (including phenoxy) is 2. The third-order valence-corrected chi connectivity index (χ3v) is 1.36. The monoisotopic (exact) mass is 147 g/mol. The SMILES string of the molecule is CCCCOC1OC1NO. The molecule has 0 aliphatic carbocycles. The van der Waals surface area contributed by atoms with Crippen LogP contribution in [-0.4, -0.2) is 24.3 Å². The molecule has 0 aromatic heterocycles. The predicted octanol–water partition coefficient (Wildman–Crippen LogP) is 0.464. The number of hydrogen-bond donors (Lipinski definition) is 2. The van der Waals surface area contributed by atoms with E-state index >= 15 is 0 Å². The molecular formula is C6H13NO3. The Labute approximate surface area is 60.1 Å². The lowest BCUT2D eigenvalue weighted by atomic mass is 10.4. The molecular weight excluding hydrogens is 134 g/mol. The van der Waals surface area contributed by atoms with Gasteiger partial charge in [-0.15, -0.1) is 0 Å². The van der Waals surface area contributed by atoms with E-state index in [1.807, 2.05) is 5.48 Å². The minimum atomic E-state index is -0.295. The lowest BCUT2D eigenvalue weighted by molar-refractivity contribution is 0.0483. The fourth-order valence-electron chi connectivity index (χ4n) is 0.661. The average molecular weight is 147 g/mol. The summed E-state index contributed by atoms with van der Waals surface area (Å²) in [5.74, 6) is 0.